The van der Waals surface area contributed by atoms with E-state index in [0.29, 0.717) is 5.56 Å². The first kappa shape index (κ1) is 19.3. The fourth-order valence-corrected chi connectivity index (χ4v) is 3.75. The van der Waals surface area contributed by atoms with Crippen LogP contribution in [0.3, 0.4) is 0 Å². The molecule has 0 amide bonds. The molecule has 0 atom stereocenters. The quantitative estimate of drug-likeness (QED) is 0.412. The topological polar surface area (TPSA) is 23.6 Å². The third kappa shape index (κ3) is 4.87. The molecule has 0 bridgehead atoms. The van der Waals surface area contributed by atoms with Gasteiger partial charge in [0.15, 0.2) is 5.78 Å². The summed E-state index contributed by atoms with van der Waals surface area (Å²) >= 11 is 6.12. The summed E-state index contributed by atoms with van der Waals surface area (Å²) in [6.45, 7) is 3.77. The Morgan fingerprint density at radius 3 is 2.07 bits per heavy atom. The molecule has 1 heterocycles. The SMILES string of the molecule is O=C(/C=C/c1ccccc1)c1ccc(N2CCN(c3cccc(Cl)c3)CC2)cc1. The maximum Gasteiger partial charge on any atom is 0.185 e. The molecule has 4 rings (SSSR count). The second-order valence-electron chi connectivity index (χ2n) is 7.11. The van der Waals surface area contributed by atoms with Gasteiger partial charge in [-0.15, -0.1) is 0 Å². The number of piperazine rings is 1. The van der Waals surface area contributed by atoms with Crippen LogP contribution in [0.25, 0.3) is 6.08 Å². The van der Waals surface area contributed by atoms with Crippen LogP contribution in [0, 0.1) is 0 Å². The van der Waals surface area contributed by atoms with Crippen molar-refractivity contribution in [3.05, 3.63) is 101 Å². The summed E-state index contributed by atoms with van der Waals surface area (Å²) in [7, 11) is 0. The lowest BCUT2D eigenvalue weighted by atomic mass is 10.1. The normalized spacial score (nSPS) is 14.4. The number of anilines is 2. The molecule has 0 N–H and O–H groups in total. The minimum Gasteiger partial charge on any atom is -0.368 e. The molecule has 146 valence electrons. The first-order chi connectivity index (χ1) is 14.2. The summed E-state index contributed by atoms with van der Waals surface area (Å²) in [5.74, 6) is 0.0196. The summed E-state index contributed by atoms with van der Waals surface area (Å²) in [4.78, 5) is 17.1. The van der Waals surface area contributed by atoms with Gasteiger partial charge in [0.05, 0.1) is 0 Å². The maximum absolute atomic E-state index is 12.4. The zero-order valence-corrected chi connectivity index (χ0v) is 16.9. The van der Waals surface area contributed by atoms with Gasteiger partial charge in [-0.3, -0.25) is 4.79 Å². The van der Waals surface area contributed by atoms with Gasteiger partial charge in [-0.05, 0) is 54.1 Å². The van der Waals surface area contributed by atoms with Gasteiger partial charge in [0, 0.05) is 48.1 Å². The Hall–Kier alpha value is -3.04. The van der Waals surface area contributed by atoms with Crippen LogP contribution in [0.1, 0.15) is 15.9 Å². The zero-order valence-electron chi connectivity index (χ0n) is 16.2. The molecule has 1 saturated heterocycles. The number of nitrogens with zero attached hydrogens (tertiary/aromatic N) is 2. The fraction of sp³-hybridized carbons (Fsp3) is 0.160. The molecular weight excluding hydrogens is 380 g/mol. The van der Waals surface area contributed by atoms with E-state index >= 15 is 0 Å². The molecule has 0 aliphatic carbocycles. The molecule has 3 aromatic rings. The van der Waals surface area contributed by atoms with Crippen LogP contribution >= 0.6 is 11.6 Å². The van der Waals surface area contributed by atoms with Crippen molar-refractivity contribution in [1.82, 2.24) is 0 Å². The molecule has 1 aliphatic rings. The van der Waals surface area contributed by atoms with Gasteiger partial charge in [0.25, 0.3) is 0 Å². The molecule has 3 nitrogen and oxygen atoms in total. The highest BCUT2D eigenvalue weighted by atomic mass is 35.5. The third-order valence-corrected chi connectivity index (χ3v) is 5.43. The van der Waals surface area contributed by atoms with E-state index in [0.717, 1.165) is 42.5 Å². The van der Waals surface area contributed by atoms with E-state index in [2.05, 4.69) is 15.9 Å². The number of carbonyl (C=O) groups is 1. The van der Waals surface area contributed by atoms with Gasteiger partial charge in [-0.1, -0.05) is 54.1 Å². The highest BCUT2D eigenvalue weighted by Crippen LogP contribution is 2.23. The van der Waals surface area contributed by atoms with E-state index < -0.39 is 0 Å². The van der Waals surface area contributed by atoms with Gasteiger partial charge >= 0.3 is 0 Å². The predicted octanol–water partition coefficient (Wildman–Crippen LogP) is 5.56. The Bertz CT molecular complexity index is 991. The second kappa shape index (κ2) is 8.97. The molecular formula is C25H23ClN2O. The van der Waals surface area contributed by atoms with Gasteiger partial charge in [0.1, 0.15) is 0 Å². The Balaban J connectivity index is 1.36. The van der Waals surface area contributed by atoms with Gasteiger partial charge in [-0.2, -0.15) is 0 Å². The van der Waals surface area contributed by atoms with E-state index in [4.69, 9.17) is 11.6 Å². The molecule has 0 spiro atoms. The summed E-state index contributed by atoms with van der Waals surface area (Å²) in [5.41, 5.74) is 4.05. The third-order valence-electron chi connectivity index (χ3n) is 5.20. The van der Waals surface area contributed by atoms with Crippen molar-refractivity contribution < 1.29 is 4.79 Å². The Morgan fingerprint density at radius 1 is 0.759 bits per heavy atom. The Kier molecular flexibility index (Phi) is 5.97. The van der Waals surface area contributed by atoms with Crippen molar-refractivity contribution in [2.45, 2.75) is 0 Å². The van der Waals surface area contributed by atoms with Crippen molar-refractivity contribution in [3.63, 3.8) is 0 Å². The molecule has 4 heteroatoms. The van der Waals surface area contributed by atoms with E-state index in [-0.39, 0.29) is 5.78 Å². The smallest absolute Gasteiger partial charge is 0.185 e. The van der Waals surface area contributed by atoms with Gasteiger partial charge in [-0.25, -0.2) is 0 Å². The summed E-state index contributed by atoms with van der Waals surface area (Å²) in [6.07, 6.45) is 3.49. The Labute approximate surface area is 176 Å². The lowest BCUT2D eigenvalue weighted by Crippen LogP contribution is -2.46. The van der Waals surface area contributed by atoms with Crippen LogP contribution in [0.4, 0.5) is 11.4 Å². The molecule has 0 aromatic heterocycles. The highest BCUT2D eigenvalue weighted by molar-refractivity contribution is 6.30. The highest BCUT2D eigenvalue weighted by Gasteiger charge is 2.18. The van der Waals surface area contributed by atoms with Crippen LogP contribution in [-0.4, -0.2) is 32.0 Å². The first-order valence-electron chi connectivity index (χ1n) is 9.82. The molecule has 0 radical (unpaired) electrons. The van der Waals surface area contributed by atoms with E-state index in [1.54, 1.807) is 6.08 Å². The number of rotatable bonds is 5. The van der Waals surface area contributed by atoms with Crippen molar-refractivity contribution >= 4 is 34.8 Å². The average Bonchev–Trinajstić information content (AvgIpc) is 2.78. The van der Waals surface area contributed by atoms with Crippen molar-refractivity contribution in [2.75, 3.05) is 36.0 Å². The predicted molar refractivity (Wildman–Crippen MR) is 122 cm³/mol. The van der Waals surface area contributed by atoms with Crippen LogP contribution in [0.2, 0.25) is 5.02 Å². The lowest BCUT2D eigenvalue weighted by Gasteiger charge is -2.37. The summed E-state index contributed by atoms with van der Waals surface area (Å²) < 4.78 is 0. The van der Waals surface area contributed by atoms with Gasteiger partial charge < -0.3 is 9.80 Å². The van der Waals surface area contributed by atoms with Crippen LogP contribution < -0.4 is 9.80 Å². The number of hydrogen-bond acceptors (Lipinski definition) is 3. The number of hydrogen-bond donors (Lipinski definition) is 0. The minimum absolute atomic E-state index is 0.0196. The number of halogens is 1. The monoisotopic (exact) mass is 402 g/mol. The summed E-state index contributed by atoms with van der Waals surface area (Å²) in [6, 6.07) is 25.8. The molecule has 3 aromatic carbocycles. The molecule has 29 heavy (non-hydrogen) atoms. The first-order valence-corrected chi connectivity index (χ1v) is 10.2. The maximum atomic E-state index is 12.4. The largest absolute Gasteiger partial charge is 0.368 e. The average molecular weight is 403 g/mol. The second-order valence-corrected chi connectivity index (χ2v) is 7.55. The summed E-state index contributed by atoms with van der Waals surface area (Å²) in [5, 5.41) is 0.770. The van der Waals surface area contributed by atoms with E-state index in [9.17, 15) is 4.79 Å². The number of carbonyl (C=O) groups excluding carboxylic acids is 1. The number of ketones is 1. The van der Waals surface area contributed by atoms with Crippen molar-refractivity contribution in [3.8, 4) is 0 Å². The molecule has 0 saturated carbocycles. The Morgan fingerprint density at radius 2 is 1.41 bits per heavy atom. The standard InChI is InChI=1S/C25H23ClN2O/c26-22-7-4-8-24(19-22)28-17-15-27(16-18-28)23-12-10-21(11-13-23)25(29)14-9-20-5-2-1-3-6-20/h1-14,19H,15-18H2/b14-9+. The molecule has 1 fully saturated rings. The van der Waals surface area contributed by atoms with Crippen molar-refractivity contribution in [1.29, 1.82) is 0 Å². The van der Waals surface area contributed by atoms with Gasteiger partial charge in [0.2, 0.25) is 0 Å². The molecule has 1 aliphatic heterocycles. The lowest BCUT2D eigenvalue weighted by molar-refractivity contribution is 0.104. The zero-order chi connectivity index (χ0) is 20.1. The van der Waals surface area contributed by atoms with E-state index in [1.165, 1.54) is 5.69 Å². The van der Waals surface area contributed by atoms with Crippen LogP contribution in [0.15, 0.2) is 84.9 Å². The number of allylic oxidation sites excluding steroid dienone is 1. The van der Waals surface area contributed by atoms with Crippen LogP contribution in [-0.2, 0) is 0 Å². The minimum atomic E-state index is 0.0196. The van der Waals surface area contributed by atoms with Crippen molar-refractivity contribution in [2.24, 2.45) is 0 Å². The van der Waals surface area contributed by atoms with Crippen LogP contribution in [0.5, 0.6) is 0 Å². The molecule has 0 unspecified atom stereocenters. The van der Waals surface area contributed by atoms with E-state index in [1.807, 2.05) is 78.9 Å². The fourth-order valence-electron chi connectivity index (χ4n) is 3.56. The number of benzene rings is 3.